The Balaban J connectivity index is 1.50. The zero-order valence-corrected chi connectivity index (χ0v) is 14.9. The van der Waals surface area contributed by atoms with Crippen LogP contribution in [0.5, 0.6) is 0 Å². The van der Waals surface area contributed by atoms with Crippen LogP contribution < -0.4 is 0 Å². The number of benzene rings is 1. The molecule has 0 bridgehead atoms. The second kappa shape index (κ2) is 6.45. The standard InChI is InChI=1S/C20H26N2O3/c1-15-5-7-16(8-6-15)12-22-18(23)11-20(22)13-21(9-10-25-14-20)19(24)17-3-2-4-17/h5-8,17H,2-4,9-14H2,1H3/t20-/m1/s1. The van der Waals surface area contributed by atoms with E-state index in [1.165, 1.54) is 5.56 Å². The van der Waals surface area contributed by atoms with E-state index in [4.69, 9.17) is 4.74 Å². The van der Waals surface area contributed by atoms with E-state index < -0.39 is 0 Å². The molecule has 1 saturated carbocycles. The monoisotopic (exact) mass is 342 g/mol. The lowest BCUT2D eigenvalue weighted by molar-refractivity contribution is -0.166. The Kier molecular flexibility index (Phi) is 4.28. The van der Waals surface area contributed by atoms with Gasteiger partial charge in [-0.1, -0.05) is 36.2 Å². The number of amides is 2. The number of carbonyl (C=O) groups is 2. The number of likely N-dealkylation sites (tertiary alicyclic amines) is 1. The van der Waals surface area contributed by atoms with Gasteiger partial charge in [-0.05, 0) is 25.3 Å². The number of hydrogen-bond donors (Lipinski definition) is 0. The van der Waals surface area contributed by atoms with E-state index in [9.17, 15) is 9.59 Å². The highest BCUT2D eigenvalue weighted by Crippen LogP contribution is 2.37. The molecule has 3 fully saturated rings. The van der Waals surface area contributed by atoms with Gasteiger partial charge in [0.15, 0.2) is 0 Å². The third-order valence-corrected chi connectivity index (χ3v) is 5.94. The van der Waals surface area contributed by atoms with Crippen molar-refractivity contribution in [2.75, 3.05) is 26.3 Å². The molecule has 2 heterocycles. The van der Waals surface area contributed by atoms with Gasteiger partial charge in [0.25, 0.3) is 0 Å². The number of ether oxygens (including phenoxy) is 1. The molecule has 2 amide bonds. The van der Waals surface area contributed by atoms with Gasteiger partial charge >= 0.3 is 0 Å². The molecule has 0 aromatic heterocycles. The molecule has 1 aromatic carbocycles. The van der Waals surface area contributed by atoms with Crippen LogP contribution in [-0.4, -0.2) is 53.5 Å². The van der Waals surface area contributed by atoms with Gasteiger partial charge < -0.3 is 14.5 Å². The zero-order valence-electron chi connectivity index (χ0n) is 14.9. The smallest absolute Gasteiger partial charge is 0.226 e. The van der Waals surface area contributed by atoms with Crippen LogP contribution in [0.1, 0.15) is 36.8 Å². The first-order valence-corrected chi connectivity index (χ1v) is 9.30. The summed E-state index contributed by atoms with van der Waals surface area (Å²) in [5, 5.41) is 0. The average molecular weight is 342 g/mol. The number of rotatable bonds is 3. The summed E-state index contributed by atoms with van der Waals surface area (Å²) >= 11 is 0. The summed E-state index contributed by atoms with van der Waals surface area (Å²) in [7, 11) is 0. The minimum atomic E-state index is -0.349. The fourth-order valence-corrected chi connectivity index (χ4v) is 4.07. The van der Waals surface area contributed by atoms with Crippen molar-refractivity contribution < 1.29 is 14.3 Å². The number of aryl methyl sites for hydroxylation is 1. The van der Waals surface area contributed by atoms with Crippen LogP contribution in [0.25, 0.3) is 0 Å². The first-order chi connectivity index (χ1) is 12.1. The van der Waals surface area contributed by atoms with Gasteiger partial charge in [0.2, 0.25) is 11.8 Å². The first kappa shape index (κ1) is 16.6. The lowest BCUT2D eigenvalue weighted by atomic mass is 9.81. The Morgan fingerprint density at radius 3 is 2.68 bits per heavy atom. The highest BCUT2D eigenvalue weighted by Gasteiger charge is 2.53. The van der Waals surface area contributed by atoms with Crippen LogP contribution in [0.4, 0.5) is 0 Å². The molecule has 2 aliphatic heterocycles. The second-order valence-corrected chi connectivity index (χ2v) is 7.81. The molecular weight excluding hydrogens is 316 g/mol. The maximum absolute atomic E-state index is 12.7. The molecule has 0 unspecified atom stereocenters. The van der Waals surface area contributed by atoms with Crippen molar-refractivity contribution in [2.45, 2.75) is 44.7 Å². The number of nitrogens with zero attached hydrogens (tertiary/aromatic N) is 2. The molecule has 134 valence electrons. The predicted molar refractivity (Wildman–Crippen MR) is 93.8 cm³/mol. The fourth-order valence-electron chi connectivity index (χ4n) is 4.07. The van der Waals surface area contributed by atoms with Crippen LogP contribution in [0.2, 0.25) is 0 Å². The summed E-state index contributed by atoms with van der Waals surface area (Å²) in [4.78, 5) is 28.9. The SMILES string of the molecule is Cc1ccc(CN2C(=O)C[C@@]23COCCN(C(=O)C2CCC2)C3)cc1. The quantitative estimate of drug-likeness (QED) is 0.791. The Morgan fingerprint density at radius 2 is 2.04 bits per heavy atom. The van der Waals surface area contributed by atoms with Crippen LogP contribution in [0, 0.1) is 12.8 Å². The Hall–Kier alpha value is -1.88. The summed E-state index contributed by atoms with van der Waals surface area (Å²) in [6.07, 6.45) is 3.65. The number of hydrogen-bond acceptors (Lipinski definition) is 3. The summed E-state index contributed by atoms with van der Waals surface area (Å²) in [6.45, 7) is 4.99. The molecule has 1 atom stereocenters. The Morgan fingerprint density at radius 1 is 1.28 bits per heavy atom. The lowest BCUT2D eigenvalue weighted by Gasteiger charge is -2.52. The maximum atomic E-state index is 12.7. The van der Waals surface area contributed by atoms with Gasteiger partial charge in [-0.25, -0.2) is 0 Å². The van der Waals surface area contributed by atoms with Crippen molar-refractivity contribution in [3.05, 3.63) is 35.4 Å². The molecule has 2 saturated heterocycles. The summed E-state index contributed by atoms with van der Waals surface area (Å²) < 4.78 is 5.81. The van der Waals surface area contributed by atoms with Gasteiger partial charge in [-0.3, -0.25) is 9.59 Å². The van der Waals surface area contributed by atoms with E-state index in [2.05, 4.69) is 31.2 Å². The highest BCUT2D eigenvalue weighted by atomic mass is 16.5. The lowest BCUT2D eigenvalue weighted by Crippen LogP contribution is -2.69. The van der Waals surface area contributed by atoms with E-state index in [1.807, 2.05) is 9.80 Å². The van der Waals surface area contributed by atoms with E-state index in [0.717, 1.165) is 24.8 Å². The molecule has 1 aromatic rings. The Labute approximate surface area is 148 Å². The van der Waals surface area contributed by atoms with E-state index in [0.29, 0.717) is 39.3 Å². The number of β-lactam (4-membered cyclic amide) rings is 1. The van der Waals surface area contributed by atoms with Crippen molar-refractivity contribution in [3.8, 4) is 0 Å². The highest BCUT2D eigenvalue weighted by molar-refractivity contribution is 5.86. The molecule has 5 heteroatoms. The first-order valence-electron chi connectivity index (χ1n) is 9.30. The van der Waals surface area contributed by atoms with Crippen molar-refractivity contribution in [3.63, 3.8) is 0 Å². The number of carbonyl (C=O) groups excluding carboxylic acids is 2. The molecule has 0 N–H and O–H groups in total. The van der Waals surface area contributed by atoms with Gasteiger partial charge in [0.05, 0.1) is 25.2 Å². The van der Waals surface area contributed by atoms with Crippen molar-refractivity contribution >= 4 is 11.8 Å². The van der Waals surface area contributed by atoms with E-state index in [1.54, 1.807) is 0 Å². The summed E-state index contributed by atoms with van der Waals surface area (Å²) in [5.41, 5.74) is 1.99. The van der Waals surface area contributed by atoms with Gasteiger partial charge in [-0.15, -0.1) is 0 Å². The van der Waals surface area contributed by atoms with E-state index in [-0.39, 0.29) is 23.3 Å². The molecule has 3 aliphatic rings. The maximum Gasteiger partial charge on any atom is 0.226 e. The normalized spacial score (nSPS) is 27.0. The van der Waals surface area contributed by atoms with Crippen LogP contribution >= 0.6 is 0 Å². The second-order valence-electron chi connectivity index (χ2n) is 7.81. The Bertz CT molecular complexity index is 668. The largest absolute Gasteiger partial charge is 0.377 e. The molecule has 25 heavy (non-hydrogen) atoms. The van der Waals surface area contributed by atoms with E-state index >= 15 is 0 Å². The zero-order chi connectivity index (χ0) is 17.4. The fraction of sp³-hybridized carbons (Fsp3) is 0.600. The minimum absolute atomic E-state index is 0.155. The van der Waals surface area contributed by atoms with Gasteiger partial charge in [0.1, 0.15) is 0 Å². The van der Waals surface area contributed by atoms with Crippen molar-refractivity contribution in [1.29, 1.82) is 0 Å². The average Bonchev–Trinajstić information content (AvgIpc) is 2.77. The third-order valence-electron chi connectivity index (χ3n) is 5.94. The van der Waals surface area contributed by atoms with Gasteiger partial charge in [0, 0.05) is 25.6 Å². The third kappa shape index (κ3) is 3.06. The van der Waals surface area contributed by atoms with Crippen molar-refractivity contribution in [1.82, 2.24) is 9.80 Å². The molecule has 0 radical (unpaired) electrons. The molecule has 1 spiro atoms. The van der Waals surface area contributed by atoms with Crippen LogP contribution in [0.3, 0.4) is 0 Å². The molecule has 4 rings (SSSR count). The van der Waals surface area contributed by atoms with Crippen LogP contribution in [-0.2, 0) is 20.9 Å². The molecule has 5 nitrogen and oxygen atoms in total. The summed E-state index contributed by atoms with van der Waals surface area (Å²) in [5.74, 6) is 0.601. The molecular formula is C20H26N2O3. The van der Waals surface area contributed by atoms with Crippen molar-refractivity contribution in [2.24, 2.45) is 5.92 Å². The summed E-state index contributed by atoms with van der Waals surface area (Å²) in [6, 6.07) is 8.29. The van der Waals surface area contributed by atoms with Crippen LogP contribution in [0.15, 0.2) is 24.3 Å². The van der Waals surface area contributed by atoms with Gasteiger partial charge in [-0.2, -0.15) is 0 Å². The topological polar surface area (TPSA) is 49.9 Å². The minimum Gasteiger partial charge on any atom is -0.377 e. The predicted octanol–water partition coefficient (Wildman–Crippen LogP) is 2.13. The molecule has 1 aliphatic carbocycles.